The molecule has 0 aliphatic carbocycles. The number of nitrogens with one attached hydrogen (secondary N) is 1. The van der Waals surface area contributed by atoms with E-state index in [4.69, 9.17) is 11.6 Å². The monoisotopic (exact) mass is 327 g/mol. The lowest BCUT2D eigenvalue weighted by Crippen LogP contribution is -2.28. The zero-order valence-corrected chi connectivity index (χ0v) is 13.2. The number of anilines is 1. The van der Waals surface area contributed by atoms with Crippen LogP contribution in [0.3, 0.4) is 0 Å². The van der Waals surface area contributed by atoms with Crippen molar-refractivity contribution in [1.82, 2.24) is 9.55 Å². The van der Waals surface area contributed by atoms with E-state index in [9.17, 15) is 9.59 Å². The number of amides is 1. The van der Waals surface area contributed by atoms with E-state index in [1.165, 1.54) is 10.9 Å². The quantitative estimate of drug-likeness (QED) is 0.804. The lowest BCUT2D eigenvalue weighted by atomic mass is 10.2. The van der Waals surface area contributed by atoms with Crippen LogP contribution in [-0.2, 0) is 11.3 Å². The smallest absolute Gasteiger partial charge is 0.261 e. The first-order chi connectivity index (χ1) is 11.0. The zero-order valence-electron chi connectivity index (χ0n) is 12.4. The molecular weight excluding hydrogens is 314 g/mol. The van der Waals surface area contributed by atoms with E-state index in [1.807, 2.05) is 13.0 Å². The molecule has 1 amide bonds. The van der Waals surface area contributed by atoms with Crippen molar-refractivity contribution in [3.8, 4) is 0 Å². The van der Waals surface area contributed by atoms with Gasteiger partial charge in [0.05, 0.1) is 17.2 Å². The third-order valence-electron chi connectivity index (χ3n) is 3.51. The van der Waals surface area contributed by atoms with Gasteiger partial charge in [0, 0.05) is 10.7 Å². The molecular formula is C17H14ClN3O2. The normalized spacial score (nSPS) is 10.7. The van der Waals surface area contributed by atoms with Crippen LogP contribution < -0.4 is 10.9 Å². The van der Waals surface area contributed by atoms with Gasteiger partial charge in [0.25, 0.3) is 5.56 Å². The number of hydrogen-bond donors (Lipinski definition) is 1. The molecule has 23 heavy (non-hydrogen) atoms. The Morgan fingerprint density at radius 1 is 1.26 bits per heavy atom. The van der Waals surface area contributed by atoms with Crippen molar-refractivity contribution in [3.63, 3.8) is 0 Å². The maximum atomic E-state index is 12.4. The van der Waals surface area contributed by atoms with Gasteiger partial charge in [-0.25, -0.2) is 4.98 Å². The molecule has 0 bridgehead atoms. The highest BCUT2D eigenvalue weighted by Gasteiger charge is 2.09. The predicted octanol–water partition coefficient (Wildman–Crippen LogP) is 3.00. The van der Waals surface area contributed by atoms with E-state index in [1.54, 1.807) is 36.4 Å². The molecule has 0 aliphatic rings. The number of benzene rings is 2. The second kappa shape index (κ2) is 6.22. The number of rotatable bonds is 3. The fourth-order valence-corrected chi connectivity index (χ4v) is 2.56. The Morgan fingerprint density at radius 3 is 2.83 bits per heavy atom. The van der Waals surface area contributed by atoms with Crippen molar-refractivity contribution in [2.24, 2.45) is 0 Å². The average molecular weight is 328 g/mol. The van der Waals surface area contributed by atoms with Gasteiger partial charge in [0.15, 0.2) is 0 Å². The lowest BCUT2D eigenvalue weighted by molar-refractivity contribution is -0.116. The van der Waals surface area contributed by atoms with Gasteiger partial charge in [-0.3, -0.25) is 14.2 Å². The van der Waals surface area contributed by atoms with Crippen molar-refractivity contribution in [3.05, 3.63) is 69.7 Å². The zero-order chi connectivity index (χ0) is 16.4. The molecule has 0 spiro atoms. The van der Waals surface area contributed by atoms with Gasteiger partial charge in [-0.05, 0) is 42.8 Å². The summed E-state index contributed by atoms with van der Waals surface area (Å²) in [5.41, 5.74) is 1.90. The number of aryl methyl sites for hydroxylation is 1. The number of halogens is 1. The van der Waals surface area contributed by atoms with E-state index in [-0.39, 0.29) is 18.0 Å². The van der Waals surface area contributed by atoms with E-state index in [0.29, 0.717) is 21.6 Å². The highest BCUT2D eigenvalue weighted by molar-refractivity contribution is 6.30. The van der Waals surface area contributed by atoms with E-state index in [2.05, 4.69) is 10.3 Å². The van der Waals surface area contributed by atoms with Crippen molar-refractivity contribution < 1.29 is 4.79 Å². The summed E-state index contributed by atoms with van der Waals surface area (Å²) in [6.45, 7) is 1.75. The molecule has 0 saturated carbocycles. The number of aromatic nitrogens is 2. The van der Waals surface area contributed by atoms with Crippen molar-refractivity contribution in [1.29, 1.82) is 0 Å². The molecule has 0 radical (unpaired) electrons. The number of nitrogens with zero attached hydrogens (tertiary/aromatic N) is 2. The van der Waals surface area contributed by atoms with Crippen LogP contribution in [-0.4, -0.2) is 15.5 Å². The Morgan fingerprint density at radius 2 is 2.04 bits per heavy atom. The molecule has 1 N–H and O–H groups in total. The van der Waals surface area contributed by atoms with Crippen molar-refractivity contribution in [2.75, 3.05) is 5.32 Å². The maximum Gasteiger partial charge on any atom is 0.261 e. The molecule has 0 fully saturated rings. The molecule has 3 aromatic rings. The SMILES string of the molecule is Cc1cc(Cl)ccc1NC(=O)Cn1cnc2ccccc2c1=O. The second-order valence-corrected chi connectivity index (χ2v) is 5.64. The van der Waals surface area contributed by atoms with Gasteiger partial charge in [0.1, 0.15) is 6.54 Å². The highest BCUT2D eigenvalue weighted by atomic mass is 35.5. The molecule has 0 unspecified atom stereocenters. The molecule has 3 rings (SSSR count). The maximum absolute atomic E-state index is 12.4. The summed E-state index contributed by atoms with van der Waals surface area (Å²) in [5, 5.41) is 3.87. The summed E-state index contributed by atoms with van der Waals surface area (Å²) in [5.74, 6) is -0.297. The Hall–Kier alpha value is -2.66. The highest BCUT2D eigenvalue weighted by Crippen LogP contribution is 2.19. The fraction of sp³-hybridized carbons (Fsp3) is 0.118. The van der Waals surface area contributed by atoms with Gasteiger partial charge in [0.2, 0.25) is 5.91 Å². The minimum Gasteiger partial charge on any atom is -0.324 e. The number of carbonyl (C=O) groups excluding carboxylic acids is 1. The van der Waals surface area contributed by atoms with Crippen LogP contribution in [0.15, 0.2) is 53.6 Å². The first-order valence-electron chi connectivity index (χ1n) is 7.05. The van der Waals surface area contributed by atoms with Gasteiger partial charge < -0.3 is 5.32 Å². The number of fused-ring (bicyclic) bond motifs is 1. The number of carbonyl (C=O) groups is 1. The molecule has 6 heteroatoms. The largest absolute Gasteiger partial charge is 0.324 e. The molecule has 5 nitrogen and oxygen atoms in total. The number of hydrogen-bond acceptors (Lipinski definition) is 3. The summed E-state index contributed by atoms with van der Waals surface area (Å²) in [4.78, 5) is 28.7. The van der Waals surface area contributed by atoms with Gasteiger partial charge >= 0.3 is 0 Å². The Bertz CT molecular complexity index is 950. The summed E-state index contributed by atoms with van der Waals surface area (Å²) in [6.07, 6.45) is 1.39. The fourth-order valence-electron chi connectivity index (χ4n) is 2.33. The summed E-state index contributed by atoms with van der Waals surface area (Å²) >= 11 is 5.89. The average Bonchev–Trinajstić information content (AvgIpc) is 2.53. The molecule has 0 saturated heterocycles. The van der Waals surface area contributed by atoms with Gasteiger partial charge in [-0.2, -0.15) is 0 Å². The first kappa shape index (κ1) is 15.2. The van der Waals surface area contributed by atoms with Crippen LogP contribution >= 0.6 is 11.6 Å². The van der Waals surface area contributed by atoms with Crippen LogP contribution in [0.2, 0.25) is 5.02 Å². The molecule has 0 atom stereocenters. The molecule has 1 aromatic heterocycles. The Kier molecular flexibility index (Phi) is 4.12. The topological polar surface area (TPSA) is 64.0 Å². The molecule has 116 valence electrons. The lowest BCUT2D eigenvalue weighted by Gasteiger charge is -2.10. The summed E-state index contributed by atoms with van der Waals surface area (Å²) < 4.78 is 1.29. The first-order valence-corrected chi connectivity index (χ1v) is 7.42. The predicted molar refractivity (Wildman–Crippen MR) is 90.8 cm³/mol. The Balaban J connectivity index is 1.83. The molecule has 1 heterocycles. The van der Waals surface area contributed by atoms with Crippen LogP contribution in [0.5, 0.6) is 0 Å². The second-order valence-electron chi connectivity index (χ2n) is 5.20. The van der Waals surface area contributed by atoms with Gasteiger partial charge in [-0.1, -0.05) is 23.7 Å². The summed E-state index contributed by atoms with van der Waals surface area (Å²) in [7, 11) is 0. The van der Waals surface area contributed by atoms with Crippen LogP contribution in [0, 0.1) is 6.92 Å². The van der Waals surface area contributed by atoms with Gasteiger partial charge in [-0.15, -0.1) is 0 Å². The van der Waals surface area contributed by atoms with Crippen LogP contribution in [0.1, 0.15) is 5.56 Å². The Labute approximate surface area is 137 Å². The minimum atomic E-state index is -0.297. The van der Waals surface area contributed by atoms with Crippen molar-refractivity contribution in [2.45, 2.75) is 13.5 Å². The van der Waals surface area contributed by atoms with E-state index >= 15 is 0 Å². The third-order valence-corrected chi connectivity index (χ3v) is 3.74. The van der Waals surface area contributed by atoms with Crippen molar-refractivity contribution >= 4 is 34.1 Å². The molecule has 2 aromatic carbocycles. The van der Waals surface area contributed by atoms with Crippen LogP contribution in [0.4, 0.5) is 5.69 Å². The van der Waals surface area contributed by atoms with E-state index < -0.39 is 0 Å². The minimum absolute atomic E-state index is 0.0985. The summed E-state index contributed by atoms with van der Waals surface area (Å²) in [6, 6.07) is 12.2. The number of para-hydroxylation sites is 1. The van der Waals surface area contributed by atoms with E-state index in [0.717, 1.165) is 5.56 Å². The molecule has 0 aliphatic heterocycles. The third kappa shape index (κ3) is 3.24. The van der Waals surface area contributed by atoms with Crippen LogP contribution in [0.25, 0.3) is 10.9 Å². The standard InChI is InChI=1S/C17H14ClN3O2/c1-11-8-12(18)6-7-14(11)20-16(22)9-21-10-19-15-5-3-2-4-13(15)17(21)23/h2-8,10H,9H2,1H3,(H,20,22).